The first-order valence-electron chi connectivity index (χ1n) is 5.77. The van der Waals surface area contributed by atoms with E-state index in [2.05, 4.69) is 5.32 Å². The number of hydrogen-bond donors (Lipinski definition) is 2. The summed E-state index contributed by atoms with van der Waals surface area (Å²) in [5.41, 5.74) is 1.70. The van der Waals surface area contributed by atoms with E-state index in [9.17, 15) is 4.79 Å². The van der Waals surface area contributed by atoms with E-state index in [0.29, 0.717) is 16.5 Å². The molecule has 100 valence electrons. The average Bonchev–Trinajstić information content (AvgIpc) is 2.33. The third-order valence-electron chi connectivity index (χ3n) is 2.40. The van der Waals surface area contributed by atoms with Gasteiger partial charge in [-0.2, -0.15) is 11.8 Å². The minimum atomic E-state index is -0.0509. The number of nitrogens with one attached hydrogen (secondary N) is 1. The van der Waals surface area contributed by atoms with Crippen molar-refractivity contribution in [1.82, 2.24) is 0 Å². The smallest absolute Gasteiger partial charge is 0.234 e. The number of amides is 1. The highest BCUT2D eigenvalue weighted by atomic mass is 35.5. The Morgan fingerprint density at radius 2 is 2.28 bits per heavy atom. The van der Waals surface area contributed by atoms with Crippen LogP contribution in [0.5, 0.6) is 0 Å². The Labute approximate surface area is 117 Å². The molecule has 0 radical (unpaired) electrons. The minimum Gasteiger partial charge on any atom is -0.396 e. The quantitative estimate of drug-likeness (QED) is 0.846. The molecule has 1 rings (SSSR count). The van der Waals surface area contributed by atoms with Crippen molar-refractivity contribution < 1.29 is 9.90 Å². The van der Waals surface area contributed by atoms with Crippen LogP contribution in [-0.2, 0) is 4.79 Å². The van der Waals surface area contributed by atoms with Gasteiger partial charge in [-0.05, 0) is 36.3 Å². The van der Waals surface area contributed by atoms with E-state index in [1.54, 1.807) is 6.07 Å². The number of anilines is 1. The van der Waals surface area contributed by atoms with Crippen molar-refractivity contribution in [2.45, 2.75) is 13.8 Å². The average molecular weight is 288 g/mol. The van der Waals surface area contributed by atoms with Crippen LogP contribution in [0, 0.1) is 12.8 Å². The van der Waals surface area contributed by atoms with Gasteiger partial charge in [-0.3, -0.25) is 4.79 Å². The zero-order chi connectivity index (χ0) is 13.5. The Hall–Kier alpha value is -0.710. The van der Waals surface area contributed by atoms with Gasteiger partial charge in [0.25, 0.3) is 0 Å². The summed E-state index contributed by atoms with van der Waals surface area (Å²) in [4.78, 5) is 11.6. The molecule has 1 aromatic carbocycles. The molecule has 5 heteroatoms. The van der Waals surface area contributed by atoms with E-state index in [4.69, 9.17) is 16.7 Å². The maximum Gasteiger partial charge on any atom is 0.234 e. The van der Waals surface area contributed by atoms with Crippen LogP contribution >= 0.6 is 23.4 Å². The number of rotatable bonds is 6. The Morgan fingerprint density at radius 3 is 2.89 bits per heavy atom. The Bertz CT molecular complexity index is 412. The molecule has 0 aliphatic heterocycles. The Balaban J connectivity index is 2.38. The van der Waals surface area contributed by atoms with Crippen LogP contribution in [0.4, 0.5) is 5.69 Å². The van der Waals surface area contributed by atoms with Crippen LogP contribution in [0.15, 0.2) is 18.2 Å². The van der Waals surface area contributed by atoms with Gasteiger partial charge in [-0.1, -0.05) is 24.6 Å². The molecule has 1 atom stereocenters. The molecule has 1 amide bonds. The summed E-state index contributed by atoms with van der Waals surface area (Å²) in [7, 11) is 0. The molecule has 0 saturated carbocycles. The third-order valence-corrected chi connectivity index (χ3v) is 4.08. The third kappa shape index (κ3) is 5.29. The highest BCUT2D eigenvalue weighted by Gasteiger charge is 2.06. The maximum absolute atomic E-state index is 11.6. The topological polar surface area (TPSA) is 49.3 Å². The van der Waals surface area contributed by atoms with E-state index in [-0.39, 0.29) is 18.4 Å². The summed E-state index contributed by atoms with van der Waals surface area (Å²) in [6, 6.07) is 5.45. The van der Waals surface area contributed by atoms with Crippen molar-refractivity contribution in [2.75, 3.05) is 23.4 Å². The van der Waals surface area contributed by atoms with Gasteiger partial charge in [0, 0.05) is 17.3 Å². The fourth-order valence-electron chi connectivity index (χ4n) is 1.27. The van der Waals surface area contributed by atoms with Crippen LogP contribution in [0.25, 0.3) is 0 Å². The first-order valence-corrected chi connectivity index (χ1v) is 7.30. The van der Waals surface area contributed by atoms with Gasteiger partial charge in [0.1, 0.15) is 0 Å². The van der Waals surface area contributed by atoms with Crippen molar-refractivity contribution >= 4 is 35.0 Å². The minimum absolute atomic E-state index is 0.0509. The van der Waals surface area contributed by atoms with Crippen LogP contribution in [0.3, 0.4) is 0 Å². The van der Waals surface area contributed by atoms with Crippen LogP contribution in [0.2, 0.25) is 5.02 Å². The van der Waals surface area contributed by atoms with Crippen molar-refractivity contribution in [1.29, 1.82) is 0 Å². The summed E-state index contributed by atoms with van der Waals surface area (Å²) in [5, 5.41) is 12.3. The predicted octanol–water partition coefficient (Wildman–Crippen LogP) is 2.95. The van der Waals surface area contributed by atoms with Gasteiger partial charge in [0.15, 0.2) is 0 Å². The van der Waals surface area contributed by atoms with Crippen LogP contribution in [0.1, 0.15) is 12.5 Å². The largest absolute Gasteiger partial charge is 0.396 e. The molecule has 3 nitrogen and oxygen atoms in total. The number of aliphatic hydroxyl groups is 1. The molecule has 1 aromatic rings. The lowest BCUT2D eigenvalue weighted by molar-refractivity contribution is -0.113. The highest BCUT2D eigenvalue weighted by Crippen LogP contribution is 2.20. The second kappa shape index (κ2) is 7.67. The molecule has 0 fully saturated rings. The molecule has 0 bridgehead atoms. The first-order chi connectivity index (χ1) is 8.52. The van der Waals surface area contributed by atoms with Crippen molar-refractivity contribution in [3.8, 4) is 0 Å². The van der Waals surface area contributed by atoms with E-state index in [1.807, 2.05) is 26.0 Å². The lowest BCUT2D eigenvalue weighted by Crippen LogP contribution is -2.15. The summed E-state index contributed by atoms with van der Waals surface area (Å²) in [5.74, 6) is 1.33. The fourth-order valence-corrected chi connectivity index (χ4v) is 2.34. The zero-order valence-electron chi connectivity index (χ0n) is 10.6. The number of carbonyl (C=O) groups excluding carboxylic acids is 1. The highest BCUT2D eigenvalue weighted by molar-refractivity contribution is 7.99. The predicted molar refractivity (Wildman–Crippen MR) is 78.4 cm³/mol. The molecule has 0 saturated heterocycles. The molecule has 18 heavy (non-hydrogen) atoms. The van der Waals surface area contributed by atoms with E-state index < -0.39 is 0 Å². The molecule has 0 aliphatic rings. The van der Waals surface area contributed by atoms with E-state index in [0.717, 1.165) is 11.3 Å². The number of aliphatic hydroxyl groups excluding tert-OH is 1. The van der Waals surface area contributed by atoms with Crippen LogP contribution < -0.4 is 5.32 Å². The van der Waals surface area contributed by atoms with Crippen LogP contribution in [-0.4, -0.2) is 29.1 Å². The SMILES string of the molecule is Cc1ccc(NC(=O)CSCC(C)CO)cc1Cl. The molecular weight excluding hydrogens is 270 g/mol. The molecule has 0 aliphatic carbocycles. The fraction of sp³-hybridized carbons (Fsp3) is 0.462. The lowest BCUT2D eigenvalue weighted by Gasteiger charge is -2.08. The maximum atomic E-state index is 11.6. The normalized spacial score (nSPS) is 12.2. The first kappa shape index (κ1) is 15.3. The molecule has 2 N–H and O–H groups in total. The van der Waals surface area contributed by atoms with E-state index >= 15 is 0 Å². The second-order valence-corrected chi connectivity index (χ2v) is 5.75. The molecule has 1 unspecified atom stereocenters. The van der Waals surface area contributed by atoms with Gasteiger partial charge in [0.2, 0.25) is 5.91 Å². The number of hydrogen-bond acceptors (Lipinski definition) is 3. The number of aryl methyl sites for hydroxylation is 1. The molecule has 0 heterocycles. The van der Waals surface area contributed by atoms with Gasteiger partial charge >= 0.3 is 0 Å². The van der Waals surface area contributed by atoms with Gasteiger partial charge in [-0.25, -0.2) is 0 Å². The van der Waals surface area contributed by atoms with Crippen molar-refractivity contribution in [3.63, 3.8) is 0 Å². The van der Waals surface area contributed by atoms with Gasteiger partial charge < -0.3 is 10.4 Å². The molecular formula is C13H18ClNO2S. The summed E-state index contributed by atoms with van der Waals surface area (Å²) in [6.07, 6.45) is 0. The Morgan fingerprint density at radius 1 is 1.56 bits per heavy atom. The summed E-state index contributed by atoms with van der Waals surface area (Å²) in [6.45, 7) is 4.02. The number of thioether (sulfide) groups is 1. The lowest BCUT2D eigenvalue weighted by atomic mass is 10.2. The standard InChI is InChI=1S/C13H18ClNO2S/c1-9(6-16)7-18-8-13(17)15-11-4-3-10(2)12(14)5-11/h3-5,9,16H,6-8H2,1-2H3,(H,15,17). The van der Waals surface area contributed by atoms with E-state index in [1.165, 1.54) is 11.8 Å². The Kier molecular flexibility index (Phi) is 6.54. The number of carbonyl (C=O) groups is 1. The zero-order valence-corrected chi connectivity index (χ0v) is 12.1. The number of benzene rings is 1. The second-order valence-electron chi connectivity index (χ2n) is 4.32. The van der Waals surface area contributed by atoms with Crippen molar-refractivity contribution in [2.24, 2.45) is 5.92 Å². The molecule has 0 aromatic heterocycles. The van der Waals surface area contributed by atoms with Crippen molar-refractivity contribution in [3.05, 3.63) is 28.8 Å². The number of halogens is 1. The summed E-state index contributed by atoms with van der Waals surface area (Å²) < 4.78 is 0. The van der Waals surface area contributed by atoms with Gasteiger partial charge in [0.05, 0.1) is 5.75 Å². The molecule has 0 spiro atoms. The summed E-state index contributed by atoms with van der Waals surface area (Å²) >= 11 is 7.49. The van der Waals surface area contributed by atoms with Gasteiger partial charge in [-0.15, -0.1) is 0 Å². The monoisotopic (exact) mass is 287 g/mol.